The smallest absolute Gasteiger partial charge is 0.242 e. The minimum atomic E-state index is -3.52. The van der Waals surface area contributed by atoms with Gasteiger partial charge in [-0.15, -0.1) is 0 Å². The summed E-state index contributed by atoms with van der Waals surface area (Å²) in [7, 11) is -1.75. The summed E-state index contributed by atoms with van der Waals surface area (Å²) in [4.78, 5) is 2.98. The monoisotopic (exact) mass is 269 g/mol. The summed E-state index contributed by atoms with van der Waals surface area (Å²) in [5.41, 5.74) is 6.75. The molecule has 18 heavy (non-hydrogen) atoms. The quantitative estimate of drug-likeness (QED) is 0.692. The highest BCUT2D eigenvalue weighted by atomic mass is 32.2. The topological polar surface area (TPSA) is 106 Å². The Morgan fingerprint density at radius 3 is 2.89 bits per heavy atom. The lowest BCUT2D eigenvalue weighted by Gasteiger charge is -2.02. The van der Waals surface area contributed by atoms with Gasteiger partial charge in [0.1, 0.15) is 0 Å². The van der Waals surface area contributed by atoms with Gasteiger partial charge in [0.15, 0.2) is 0 Å². The molecule has 0 aliphatic rings. The Balaban J connectivity index is 2.07. The zero-order chi connectivity index (χ0) is 13.2. The highest BCUT2D eigenvalue weighted by Gasteiger charge is 2.15. The second-order valence-electron chi connectivity index (χ2n) is 3.87. The number of hydrogen-bond donors (Lipinski definition) is 3. The third kappa shape index (κ3) is 2.78. The largest absolute Gasteiger partial charge is 0.363 e. The third-order valence-electron chi connectivity index (χ3n) is 2.46. The molecule has 0 aliphatic carbocycles. The molecule has 0 bridgehead atoms. The maximum atomic E-state index is 11.9. The number of aryl methyl sites for hydroxylation is 1. The number of aromatic nitrogens is 3. The summed E-state index contributed by atoms with van der Waals surface area (Å²) in [6, 6.07) is 3.27. The molecule has 2 aromatic heterocycles. The van der Waals surface area contributed by atoms with E-state index >= 15 is 0 Å². The number of rotatable bonds is 5. The molecule has 0 saturated carbocycles. The maximum Gasteiger partial charge on any atom is 0.242 e. The van der Waals surface area contributed by atoms with Gasteiger partial charge in [-0.1, -0.05) is 0 Å². The molecular formula is C10H15N5O2S. The first-order valence-electron chi connectivity index (χ1n) is 5.37. The number of nitrogens with zero attached hydrogens (tertiary/aromatic N) is 2. The van der Waals surface area contributed by atoms with Crippen molar-refractivity contribution in [3.63, 3.8) is 0 Å². The van der Waals surface area contributed by atoms with Gasteiger partial charge in [0, 0.05) is 31.7 Å². The number of nitrogens with two attached hydrogens (primary N) is 1. The standard InChI is InChI=1S/C10H15N5O2S/c1-15-3-2-8(14-15)6-13-18(16,17)10-4-9(5-11)12-7-10/h2-4,7,12-13H,5-6,11H2,1H3. The van der Waals surface area contributed by atoms with Crippen molar-refractivity contribution in [3.05, 3.63) is 35.9 Å². The van der Waals surface area contributed by atoms with Crippen LogP contribution in [0.25, 0.3) is 0 Å². The van der Waals surface area contributed by atoms with Gasteiger partial charge in [0.25, 0.3) is 0 Å². The molecule has 7 nitrogen and oxygen atoms in total. The third-order valence-corrected chi connectivity index (χ3v) is 3.84. The van der Waals surface area contributed by atoms with Crippen molar-refractivity contribution >= 4 is 10.0 Å². The van der Waals surface area contributed by atoms with Crippen molar-refractivity contribution in [3.8, 4) is 0 Å². The zero-order valence-electron chi connectivity index (χ0n) is 9.92. The summed E-state index contributed by atoms with van der Waals surface area (Å²) in [5.74, 6) is 0. The average Bonchev–Trinajstić information content (AvgIpc) is 2.95. The second kappa shape index (κ2) is 4.92. The fourth-order valence-electron chi connectivity index (χ4n) is 1.50. The fraction of sp³-hybridized carbons (Fsp3) is 0.300. The van der Waals surface area contributed by atoms with E-state index in [4.69, 9.17) is 5.73 Å². The summed E-state index contributed by atoms with van der Waals surface area (Å²) >= 11 is 0. The molecule has 0 spiro atoms. The molecule has 2 aromatic rings. The van der Waals surface area contributed by atoms with Crippen molar-refractivity contribution < 1.29 is 8.42 Å². The second-order valence-corrected chi connectivity index (χ2v) is 5.64. The van der Waals surface area contributed by atoms with Crippen molar-refractivity contribution in [1.82, 2.24) is 19.5 Å². The van der Waals surface area contributed by atoms with Crippen molar-refractivity contribution in [2.45, 2.75) is 18.0 Å². The number of hydrogen-bond acceptors (Lipinski definition) is 4. The molecule has 8 heteroatoms. The molecule has 0 saturated heterocycles. The van der Waals surface area contributed by atoms with Gasteiger partial charge in [-0.25, -0.2) is 13.1 Å². The van der Waals surface area contributed by atoms with E-state index in [0.29, 0.717) is 11.4 Å². The molecule has 0 atom stereocenters. The Bertz CT molecular complexity index is 628. The van der Waals surface area contributed by atoms with Crippen LogP contribution in [0.4, 0.5) is 0 Å². The van der Waals surface area contributed by atoms with E-state index in [9.17, 15) is 8.42 Å². The van der Waals surface area contributed by atoms with Crippen LogP contribution in [0, 0.1) is 0 Å². The van der Waals surface area contributed by atoms with Gasteiger partial charge in [0.2, 0.25) is 10.0 Å². The van der Waals surface area contributed by atoms with E-state index in [1.54, 1.807) is 24.0 Å². The lowest BCUT2D eigenvalue weighted by molar-refractivity contribution is 0.579. The number of sulfonamides is 1. The van der Waals surface area contributed by atoms with Crippen LogP contribution in [0.3, 0.4) is 0 Å². The van der Waals surface area contributed by atoms with Crippen molar-refractivity contribution in [2.24, 2.45) is 12.8 Å². The molecule has 2 rings (SSSR count). The van der Waals surface area contributed by atoms with E-state index in [0.717, 1.165) is 0 Å². The normalized spacial score (nSPS) is 11.9. The van der Waals surface area contributed by atoms with Gasteiger partial charge in [0.05, 0.1) is 17.1 Å². The molecule has 0 fully saturated rings. The van der Waals surface area contributed by atoms with E-state index in [2.05, 4.69) is 14.8 Å². The van der Waals surface area contributed by atoms with E-state index in [1.807, 2.05) is 0 Å². The zero-order valence-corrected chi connectivity index (χ0v) is 10.7. The van der Waals surface area contributed by atoms with Crippen LogP contribution in [-0.2, 0) is 30.2 Å². The highest BCUT2D eigenvalue weighted by molar-refractivity contribution is 7.89. The van der Waals surface area contributed by atoms with E-state index in [-0.39, 0.29) is 18.0 Å². The minimum absolute atomic E-state index is 0.159. The Morgan fingerprint density at radius 2 is 2.33 bits per heavy atom. The number of H-pyrrole nitrogens is 1. The maximum absolute atomic E-state index is 11.9. The summed E-state index contributed by atoms with van der Waals surface area (Å²) in [5, 5.41) is 4.09. The number of nitrogens with one attached hydrogen (secondary N) is 2. The molecule has 0 aromatic carbocycles. The summed E-state index contributed by atoms with van der Waals surface area (Å²) in [6.07, 6.45) is 3.18. The summed E-state index contributed by atoms with van der Waals surface area (Å²) < 4.78 is 28.0. The predicted octanol–water partition coefficient (Wildman–Crippen LogP) is -0.315. The Kier molecular flexibility index (Phi) is 3.50. The first-order valence-corrected chi connectivity index (χ1v) is 6.85. The van der Waals surface area contributed by atoms with Crippen LogP contribution in [0.2, 0.25) is 0 Å². The Hall–Kier alpha value is -1.64. The van der Waals surface area contributed by atoms with Crippen LogP contribution in [0.1, 0.15) is 11.4 Å². The van der Waals surface area contributed by atoms with Gasteiger partial charge in [-0.05, 0) is 12.1 Å². The van der Waals surface area contributed by atoms with Gasteiger partial charge in [-0.2, -0.15) is 5.10 Å². The summed E-state index contributed by atoms with van der Waals surface area (Å²) in [6.45, 7) is 0.433. The SMILES string of the molecule is Cn1ccc(CNS(=O)(=O)c2c[nH]c(CN)c2)n1. The van der Waals surface area contributed by atoms with Crippen molar-refractivity contribution in [2.75, 3.05) is 0 Å². The molecule has 98 valence electrons. The molecule has 0 aliphatic heterocycles. The molecule has 2 heterocycles. The molecule has 0 amide bonds. The minimum Gasteiger partial charge on any atom is -0.363 e. The van der Waals surface area contributed by atoms with Crippen LogP contribution in [-0.4, -0.2) is 23.2 Å². The Morgan fingerprint density at radius 1 is 1.56 bits per heavy atom. The first-order chi connectivity index (χ1) is 8.51. The van der Waals surface area contributed by atoms with Gasteiger partial charge in [-0.3, -0.25) is 4.68 Å². The first kappa shape index (κ1) is 12.8. The van der Waals surface area contributed by atoms with E-state index < -0.39 is 10.0 Å². The lowest BCUT2D eigenvalue weighted by atomic mass is 10.4. The lowest BCUT2D eigenvalue weighted by Crippen LogP contribution is -2.23. The van der Waals surface area contributed by atoms with Crippen LogP contribution >= 0.6 is 0 Å². The predicted molar refractivity (Wildman–Crippen MR) is 65.9 cm³/mol. The van der Waals surface area contributed by atoms with Crippen LogP contribution in [0.15, 0.2) is 29.4 Å². The van der Waals surface area contributed by atoms with Crippen molar-refractivity contribution in [1.29, 1.82) is 0 Å². The van der Waals surface area contributed by atoms with Crippen LogP contribution in [0.5, 0.6) is 0 Å². The fourth-order valence-corrected chi connectivity index (χ4v) is 2.52. The molecule has 4 N–H and O–H groups in total. The number of aromatic amines is 1. The molecular weight excluding hydrogens is 254 g/mol. The molecule has 0 radical (unpaired) electrons. The van der Waals surface area contributed by atoms with Crippen LogP contribution < -0.4 is 10.5 Å². The Labute approximate surface area is 105 Å². The van der Waals surface area contributed by atoms with Gasteiger partial charge >= 0.3 is 0 Å². The van der Waals surface area contributed by atoms with Gasteiger partial charge < -0.3 is 10.7 Å². The molecule has 0 unspecified atom stereocenters. The highest BCUT2D eigenvalue weighted by Crippen LogP contribution is 2.10. The van der Waals surface area contributed by atoms with E-state index in [1.165, 1.54) is 12.3 Å². The average molecular weight is 269 g/mol.